The van der Waals surface area contributed by atoms with Crippen LogP contribution in [0.4, 0.5) is 0 Å². The van der Waals surface area contributed by atoms with Crippen molar-refractivity contribution < 1.29 is 19.1 Å². The van der Waals surface area contributed by atoms with Crippen LogP contribution in [0.5, 0.6) is 11.5 Å². The van der Waals surface area contributed by atoms with Crippen LogP contribution in [0.3, 0.4) is 0 Å². The van der Waals surface area contributed by atoms with E-state index >= 15 is 0 Å². The van der Waals surface area contributed by atoms with E-state index in [0.717, 1.165) is 50.3 Å². The highest BCUT2D eigenvalue weighted by Gasteiger charge is 2.25. The minimum absolute atomic E-state index is 0.114. The van der Waals surface area contributed by atoms with Crippen LogP contribution in [0.2, 0.25) is 0 Å². The summed E-state index contributed by atoms with van der Waals surface area (Å²) in [6.45, 7) is 16.6. The molecule has 1 amide bonds. The first-order chi connectivity index (χ1) is 16.7. The van der Waals surface area contributed by atoms with Gasteiger partial charge in [0.1, 0.15) is 11.5 Å². The van der Waals surface area contributed by atoms with Gasteiger partial charge in [-0.2, -0.15) is 0 Å². The van der Waals surface area contributed by atoms with Crippen molar-refractivity contribution in [2.45, 2.75) is 59.4 Å². The second kappa shape index (κ2) is 14.2. The van der Waals surface area contributed by atoms with Gasteiger partial charge in [-0.1, -0.05) is 27.7 Å². The Morgan fingerprint density at radius 3 is 2.26 bits per heavy atom. The third-order valence-corrected chi connectivity index (χ3v) is 6.96. The normalized spacial score (nSPS) is 15.0. The molecule has 0 bridgehead atoms. The molecule has 1 saturated heterocycles. The lowest BCUT2D eigenvalue weighted by Gasteiger charge is -2.37. The van der Waals surface area contributed by atoms with Gasteiger partial charge in [0.2, 0.25) is 5.91 Å². The van der Waals surface area contributed by atoms with E-state index in [-0.39, 0.29) is 17.6 Å². The molecule has 196 valence electrons. The molecule has 0 radical (unpaired) electrons. The Hall–Kier alpha value is -2.38. The van der Waals surface area contributed by atoms with Crippen molar-refractivity contribution in [1.82, 2.24) is 14.7 Å². The molecule has 7 heteroatoms. The fourth-order valence-corrected chi connectivity index (χ4v) is 4.56. The molecule has 0 unspecified atom stereocenters. The van der Waals surface area contributed by atoms with E-state index in [9.17, 15) is 9.59 Å². The monoisotopic (exact) mass is 487 g/mol. The Labute approximate surface area is 212 Å². The van der Waals surface area contributed by atoms with Crippen LogP contribution in [-0.4, -0.2) is 92.5 Å². The number of ether oxygens (including phenoxy) is 2. The Morgan fingerprint density at radius 1 is 1.06 bits per heavy atom. The number of amides is 1. The number of methoxy groups -OCH3 is 1. The number of benzene rings is 1. The maximum Gasteiger partial charge on any atom is 0.246 e. The second-order valence-electron chi connectivity index (χ2n) is 9.44. The molecule has 0 atom stereocenters. The Bertz CT molecular complexity index is 856. The molecule has 1 aromatic rings. The summed E-state index contributed by atoms with van der Waals surface area (Å²) in [5.41, 5.74) is 1.39. The van der Waals surface area contributed by atoms with Gasteiger partial charge in [0.15, 0.2) is 5.78 Å². The molecule has 2 rings (SSSR count). The number of piperidine rings is 1. The van der Waals surface area contributed by atoms with E-state index in [1.165, 1.54) is 19.3 Å². The van der Waals surface area contributed by atoms with Crippen LogP contribution in [0.25, 0.3) is 0 Å². The quantitative estimate of drug-likeness (QED) is 0.307. The van der Waals surface area contributed by atoms with Crippen LogP contribution in [-0.2, 0) is 4.79 Å². The van der Waals surface area contributed by atoms with Crippen LogP contribution in [0, 0.1) is 0 Å². The highest BCUT2D eigenvalue weighted by Crippen LogP contribution is 2.34. The van der Waals surface area contributed by atoms with Crippen molar-refractivity contribution in [2.75, 3.05) is 60.0 Å². The number of rotatable bonds is 13. The zero-order valence-electron chi connectivity index (χ0n) is 22.8. The smallest absolute Gasteiger partial charge is 0.246 e. The van der Waals surface area contributed by atoms with Gasteiger partial charge in [0.25, 0.3) is 0 Å². The molecular formula is C28H45N3O4. The molecule has 1 heterocycles. The number of hydrogen-bond acceptors (Lipinski definition) is 6. The standard InChI is InChI=1S/C28H45N3O4/c1-8-30(9-2)18-17-29(6)22-13-15-31(16-14-22)28(33)12-11-25(32)24-19-23(21(4)5)27(35-10-3)20-26(24)34-7/h11-12,19-22H,8-10,13-18H2,1-7H3. The lowest BCUT2D eigenvalue weighted by molar-refractivity contribution is -0.127. The maximum atomic E-state index is 13.0. The summed E-state index contributed by atoms with van der Waals surface area (Å²) < 4.78 is 11.2. The molecule has 1 aromatic carbocycles. The SMILES string of the molecule is CCOc1cc(OC)c(C(=O)C=CC(=O)N2CCC(N(C)CCN(CC)CC)CC2)cc1C(C)C. The zero-order valence-corrected chi connectivity index (χ0v) is 22.8. The van der Waals surface area contributed by atoms with Gasteiger partial charge in [-0.05, 0) is 63.5 Å². The number of carbonyl (C=O) groups excluding carboxylic acids is 2. The van der Waals surface area contributed by atoms with E-state index in [1.807, 2.05) is 17.9 Å². The highest BCUT2D eigenvalue weighted by molar-refractivity contribution is 6.09. The van der Waals surface area contributed by atoms with Gasteiger partial charge < -0.3 is 24.2 Å². The molecule has 1 aliphatic rings. The van der Waals surface area contributed by atoms with Crippen molar-refractivity contribution in [2.24, 2.45) is 0 Å². The first-order valence-corrected chi connectivity index (χ1v) is 13.0. The third kappa shape index (κ3) is 8.07. The molecule has 7 nitrogen and oxygen atoms in total. The van der Waals surface area contributed by atoms with Crippen LogP contribution >= 0.6 is 0 Å². The van der Waals surface area contributed by atoms with E-state index < -0.39 is 0 Å². The summed E-state index contributed by atoms with van der Waals surface area (Å²) in [6, 6.07) is 4.08. The fraction of sp³-hybridized carbons (Fsp3) is 0.643. The molecule has 35 heavy (non-hydrogen) atoms. The minimum Gasteiger partial charge on any atom is -0.496 e. The number of allylic oxidation sites excluding steroid dienone is 1. The Morgan fingerprint density at radius 2 is 1.71 bits per heavy atom. The lowest BCUT2D eigenvalue weighted by Crippen LogP contribution is -2.46. The van der Waals surface area contributed by atoms with Crippen molar-refractivity contribution >= 4 is 11.7 Å². The zero-order chi connectivity index (χ0) is 26.0. The number of nitrogens with zero attached hydrogens (tertiary/aromatic N) is 3. The van der Waals surface area contributed by atoms with E-state index in [1.54, 1.807) is 6.07 Å². The maximum absolute atomic E-state index is 13.0. The Balaban J connectivity index is 1.98. The summed E-state index contributed by atoms with van der Waals surface area (Å²) >= 11 is 0. The van der Waals surface area contributed by atoms with Gasteiger partial charge >= 0.3 is 0 Å². The van der Waals surface area contributed by atoms with Crippen molar-refractivity contribution in [3.05, 3.63) is 35.4 Å². The average Bonchev–Trinajstić information content (AvgIpc) is 2.87. The second-order valence-corrected chi connectivity index (χ2v) is 9.44. The molecule has 0 aliphatic carbocycles. The van der Waals surface area contributed by atoms with E-state index in [0.29, 0.717) is 37.1 Å². The lowest BCUT2D eigenvalue weighted by atomic mass is 9.97. The van der Waals surface area contributed by atoms with Gasteiger partial charge in [0.05, 0.1) is 19.3 Å². The average molecular weight is 488 g/mol. The van der Waals surface area contributed by atoms with Gasteiger partial charge in [-0.15, -0.1) is 0 Å². The fourth-order valence-electron chi connectivity index (χ4n) is 4.56. The summed E-state index contributed by atoms with van der Waals surface area (Å²) in [7, 11) is 3.72. The molecule has 1 fully saturated rings. The minimum atomic E-state index is -0.244. The number of likely N-dealkylation sites (N-methyl/N-ethyl adjacent to an activating group) is 2. The first-order valence-electron chi connectivity index (χ1n) is 13.0. The predicted molar refractivity (Wildman–Crippen MR) is 142 cm³/mol. The van der Waals surface area contributed by atoms with Crippen LogP contribution in [0.15, 0.2) is 24.3 Å². The van der Waals surface area contributed by atoms with Gasteiger partial charge in [0, 0.05) is 44.4 Å². The number of ketones is 1. The van der Waals surface area contributed by atoms with Crippen molar-refractivity contribution in [1.29, 1.82) is 0 Å². The summed E-state index contributed by atoms with van der Waals surface area (Å²) in [5, 5.41) is 0. The number of hydrogen-bond donors (Lipinski definition) is 0. The largest absolute Gasteiger partial charge is 0.496 e. The number of likely N-dealkylation sites (tertiary alicyclic amines) is 1. The predicted octanol–water partition coefficient (Wildman–Crippen LogP) is 4.22. The molecule has 0 spiro atoms. The van der Waals surface area contributed by atoms with Crippen molar-refractivity contribution in [3.63, 3.8) is 0 Å². The van der Waals surface area contributed by atoms with Crippen LogP contribution in [0.1, 0.15) is 69.3 Å². The molecular weight excluding hydrogens is 442 g/mol. The first kappa shape index (κ1) is 28.9. The molecule has 0 saturated carbocycles. The number of carbonyl (C=O) groups is 2. The van der Waals surface area contributed by atoms with E-state index in [4.69, 9.17) is 9.47 Å². The molecule has 0 aromatic heterocycles. The third-order valence-electron chi connectivity index (χ3n) is 6.96. The summed E-state index contributed by atoms with van der Waals surface area (Å²) in [4.78, 5) is 32.5. The van der Waals surface area contributed by atoms with Gasteiger partial charge in [-0.25, -0.2) is 0 Å². The van der Waals surface area contributed by atoms with Gasteiger partial charge in [-0.3, -0.25) is 9.59 Å². The summed E-state index contributed by atoms with van der Waals surface area (Å²) in [5.74, 6) is 1.00. The molecule has 1 aliphatic heterocycles. The molecule has 0 N–H and O–H groups in total. The highest BCUT2D eigenvalue weighted by atomic mass is 16.5. The van der Waals surface area contributed by atoms with Crippen LogP contribution < -0.4 is 9.47 Å². The Kier molecular flexibility index (Phi) is 11.7. The van der Waals surface area contributed by atoms with Crippen molar-refractivity contribution in [3.8, 4) is 11.5 Å². The summed E-state index contributed by atoms with van der Waals surface area (Å²) in [6.07, 6.45) is 4.67. The van der Waals surface area contributed by atoms with E-state index in [2.05, 4.69) is 44.5 Å². The topological polar surface area (TPSA) is 62.3 Å².